The predicted molar refractivity (Wildman–Crippen MR) is 80.2 cm³/mol. The maximum atomic E-state index is 9.16. The number of fused-ring (bicyclic) bond motifs is 1. The van der Waals surface area contributed by atoms with Crippen LogP contribution >= 0.6 is 0 Å². The third-order valence-electron chi connectivity index (χ3n) is 3.52. The van der Waals surface area contributed by atoms with Gasteiger partial charge in [0, 0.05) is 5.56 Å². The number of H-pyrrole nitrogens is 1. The molecule has 1 atom stereocenters. The van der Waals surface area contributed by atoms with E-state index >= 15 is 0 Å². The molecule has 0 saturated heterocycles. The van der Waals surface area contributed by atoms with Crippen molar-refractivity contribution in [1.82, 2.24) is 9.97 Å². The van der Waals surface area contributed by atoms with E-state index in [4.69, 9.17) is 5.26 Å². The molecule has 3 aromatic rings. The number of hydrogen-bond donors (Lipinski definition) is 1. The van der Waals surface area contributed by atoms with E-state index in [1.54, 1.807) is 0 Å². The zero-order valence-electron chi connectivity index (χ0n) is 11.3. The van der Waals surface area contributed by atoms with E-state index in [2.05, 4.69) is 16.0 Å². The van der Waals surface area contributed by atoms with Gasteiger partial charge in [-0.15, -0.1) is 0 Å². The van der Waals surface area contributed by atoms with E-state index in [1.165, 1.54) is 0 Å². The Morgan fingerprint density at radius 1 is 1.20 bits per heavy atom. The van der Waals surface area contributed by atoms with Gasteiger partial charge in [0.1, 0.15) is 5.82 Å². The van der Waals surface area contributed by atoms with E-state index in [9.17, 15) is 0 Å². The first-order valence-corrected chi connectivity index (χ1v) is 6.76. The molecule has 1 aromatic heterocycles. The highest BCUT2D eigenvalue weighted by molar-refractivity contribution is 5.80. The Balaban J connectivity index is 2.06. The average Bonchev–Trinajstić information content (AvgIpc) is 2.93. The molecular weight excluding hydrogens is 246 g/mol. The van der Waals surface area contributed by atoms with Crippen molar-refractivity contribution < 1.29 is 0 Å². The van der Waals surface area contributed by atoms with Gasteiger partial charge in [0.25, 0.3) is 0 Å². The van der Waals surface area contributed by atoms with Crippen LogP contribution in [0.15, 0.2) is 48.5 Å². The molecule has 0 radical (unpaired) electrons. The Bertz CT molecular complexity index is 766. The van der Waals surface area contributed by atoms with Gasteiger partial charge in [0.2, 0.25) is 0 Å². The SMILES string of the molecule is CCC(C#N)c1ccc2nc(-c3ccccc3)[nH]c2c1. The number of rotatable bonds is 3. The summed E-state index contributed by atoms with van der Waals surface area (Å²) in [5.41, 5.74) is 4.03. The van der Waals surface area contributed by atoms with Crippen LogP contribution in [0, 0.1) is 11.3 Å². The van der Waals surface area contributed by atoms with Gasteiger partial charge in [-0.2, -0.15) is 5.26 Å². The Kier molecular flexibility index (Phi) is 3.22. The molecule has 0 spiro atoms. The minimum atomic E-state index is -0.0529. The van der Waals surface area contributed by atoms with E-state index in [-0.39, 0.29) is 5.92 Å². The van der Waals surface area contributed by atoms with Gasteiger partial charge in [0.15, 0.2) is 0 Å². The van der Waals surface area contributed by atoms with Crippen LogP contribution < -0.4 is 0 Å². The van der Waals surface area contributed by atoms with Gasteiger partial charge >= 0.3 is 0 Å². The molecule has 0 amide bonds. The standard InChI is InChI=1S/C17H15N3/c1-2-12(11-18)14-8-9-15-16(10-14)20-17(19-15)13-6-4-3-5-7-13/h3-10,12H,2H2,1H3,(H,19,20). The van der Waals surface area contributed by atoms with Gasteiger partial charge in [-0.3, -0.25) is 0 Å². The van der Waals surface area contributed by atoms with Crippen molar-refractivity contribution >= 4 is 11.0 Å². The van der Waals surface area contributed by atoms with Gasteiger partial charge < -0.3 is 4.98 Å². The highest BCUT2D eigenvalue weighted by Crippen LogP contribution is 2.25. The van der Waals surface area contributed by atoms with Crippen LogP contribution in [0.4, 0.5) is 0 Å². The number of aromatic nitrogens is 2. The fraction of sp³-hybridized carbons (Fsp3) is 0.176. The molecule has 0 bridgehead atoms. The second-order valence-electron chi connectivity index (χ2n) is 4.82. The molecule has 0 aliphatic heterocycles. The third kappa shape index (κ3) is 2.17. The van der Waals surface area contributed by atoms with Crippen LogP contribution in [-0.2, 0) is 0 Å². The molecule has 3 nitrogen and oxygen atoms in total. The fourth-order valence-electron chi connectivity index (χ4n) is 2.38. The number of hydrogen-bond acceptors (Lipinski definition) is 2. The molecule has 98 valence electrons. The quantitative estimate of drug-likeness (QED) is 0.766. The maximum Gasteiger partial charge on any atom is 0.138 e. The molecule has 1 unspecified atom stereocenters. The molecule has 0 saturated carbocycles. The number of imidazole rings is 1. The van der Waals surface area contributed by atoms with E-state index in [0.717, 1.165) is 34.4 Å². The molecule has 1 N–H and O–H groups in total. The van der Waals surface area contributed by atoms with Crippen molar-refractivity contribution in [3.8, 4) is 17.5 Å². The lowest BCUT2D eigenvalue weighted by Crippen LogP contribution is -1.92. The lowest BCUT2D eigenvalue weighted by molar-refractivity contribution is 0.819. The summed E-state index contributed by atoms with van der Waals surface area (Å²) in [5.74, 6) is 0.811. The lowest BCUT2D eigenvalue weighted by Gasteiger charge is -2.05. The highest BCUT2D eigenvalue weighted by Gasteiger charge is 2.10. The van der Waals surface area contributed by atoms with Gasteiger partial charge in [0.05, 0.1) is 23.0 Å². The minimum absolute atomic E-state index is 0.0529. The van der Waals surface area contributed by atoms with Gasteiger partial charge in [-0.05, 0) is 24.1 Å². The summed E-state index contributed by atoms with van der Waals surface area (Å²) in [7, 11) is 0. The summed E-state index contributed by atoms with van der Waals surface area (Å²) >= 11 is 0. The summed E-state index contributed by atoms with van der Waals surface area (Å²) < 4.78 is 0. The first kappa shape index (κ1) is 12.4. The average molecular weight is 261 g/mol. The summed E-state index contributed by atoms with van der Waals surface area (Å²) in [6, 6.07) is 18.4. The number of nitriles is 1. The van der Waals surface area contributed by atoms with Crippen LogP contribution in [0.1, 0.15) is 24.8 Å². The Hall–Kier alpha value is -2.60. The second-order valence-corrected chi connectivity index (χ2v) is 4.82. The van der Waals surface area contributed by atoms with Crippen LogP contribution in [0.2, 0.25) is 0 Å². The smallest absolute Gasteiger partial charge is 0.138 e. The summed E-state index contributed by atoms with van der Waals surface area (Å²) in [4.78, 5) is 7.93. The summed E-state index contributed by atoms with van der Waals surface area (Å²) in [6.07, 6.45) is 0.821. The molecule has 0 aliphatic carbocycles. The number of nitrogens with zero attached hydrogens (tertiary/aromatic N) is 2. The highest BCUT2D eigenvalue weighted by atomic mass is 14.9. The van der Waals surface area contributed by atoms with Crippen molar-refractivity contribution in [3.63, 3.8) is 0 Å². The van der Waals surface area contributed by atoms with Crippen molar-refractivity contribution in [3.05, 3.63) is 54.1 Å². The van der Waals surface area contributed by atoms with Gasteiger partial charge in [-0.1, -0.05) is 43.3 Å². The zero-order valence-corrected chi connectivity index (χ0v) is 11.3. The molecule has 3 rings (SSSR count). The molecule has 1 heterocycles. The molecule has 20 heavy (non-hydrogen) atoms. The van der Waals surface area contributed by atoms with Crippen molar-refractivity contribution in [1.29, 1.82) is 5.26 Å². The van der Waals surface area contributed by atoms with Crippen molar-refractivity contribution in [2.24, 2.45) is 0 Å². The van der Waals surface area contributed by atoms with Crippen LogP contribution in [0.5, 0.6) is 0 Å². The minimum Gasteiger partial charge on any atom is -0.338 e. The van der Waals surface area contributed by atoms with Crippen LogP contribution in [0.3, 0.4) is 0 Å². The van der Waals surface area contributed by atoms with Crippen LogP contribution in [0.25, 0.3) is 22.4 Å². The Labute approximate surface area is 117 Å². The van der Waals surface area contributed by atoms with Gasteiger partial charge in [-0.25, -0.2) is 4.98 Å². The molecule has 0 fully saturated rings. The lowest BCUT2D eigenvalue weighted by atomic mass is 9.98. The molecule has 3 heteroatoms. The molecule has 0 aliphatic rings. The number of benzene rings is 2. The van der Waals surface area contributed by atoms with E-state index in [1.807, 2.05) is 55.5 Å². The van der Waals surface area contributed by atoms with Crippen LogP contribution in [-0.4, -0.2) is 9.97 Å². The normalized spacial score (nSPS) is 12.2. The molecular formula is C17H15N3. The number of aromatic amines is 1. The van der Waals surface area contributed by atoms with Crippen molar-refractivity contribution in [2.45, 2.75) is 19.3 Å². The topological polar surface area (TPSA) is 52.5 Å². The summed E-state index contributed by atoms with van der Waals surface area (Å²) in [5, 5.41) is 9.16. The zero-order chi connectivity index (χ0) is 13.9. The first-order chi connectivity index (χ1) is 9.81. The largest absolute Gasteiger partial charge is 0.338 e. The first-order valence-electron chi connectivity index (χ1n) is 6.76. The van der Waals surface area contributed by atoms with E-state index in [0.29, 0.717) is 0 Å². The Morgan fingerprint density at radius 3 is 2.70 bits per heavy atom. The monoisotopic (exact) mass is 261 g/mol. The number of nitrogens with one attached hydrogen (secondary N) is 1. The molecule has 2 aromatic carbocycles. The predicted octanol–water partition coefficient (Wildman–Crippen LogP) is 4.25. The maximum absolute atomic E-state index is 9.16. The third-order valence-corrected chi connectivity index (χ3v) is 3.52. The fourth-order valence-corrected chi connectivity index (χ4v) is 2.38. The second kappa shape index (κ2) is 5.18. The Morgan fingerprint density at radius 2 is 2.00 bits per heavy atom. The van der Waals surface area contributed by atoms with E-state index < -0.39 is 0 Å². The van der Waals surface area contributed by atoms with Crippen molar-refractivity contribution in [2.75, 3.05) is 0 Å². The summed E-state index contributed by atoms with van der Waals surface area (Å²) in [6.45, 7) is 2.03.